The van der Waals surface area contributed by atoms with Crippen LogP contribution < -0.4 is 20.7 Å². The third-order valence-electron chi connectivity index (χ3n) is 2.82. The minimum Gasteiger partial charge on any atom is -0.497 e. The Morgan fingerprint density at radius 2 is 2.05 bits per heavy atom. The van der Waals surface area contributed by atoms with E-state index in [9.17, 15) is 0 Å². The van der Waals surface area contributed by atoms with Gasteiger partial charge in [0.2, 0.25) is 0 Å². The summed E-state index contributed by atoms with van der Waals surface area (Å²) in [7, 11) is 3.22. The van der Waals surface area contributed by atoms with Gasteiger partial charge in [-0.2, -0.15) is 0 Å². The minimum atomic E-state index is -0.298. The average molecular weight is 260 g/mol. The average Bonchev–Trinajstić information content (AvgIpc) is 2.49. The second kappa shape index (κ2) is 6.12. The van der Waals surface area contributed by atoms with Gasteiger partial charge in [0.1, 0.15) is 17.8 Å². The molecule has 100 valence electrons. The van der Waals surface area contributed by atoms with E-state index in [-0.39, 0.29) is 6.04 Å². The summed E-state index contributed by atoms with van der Waals surface area (Å²) in [6, 6.07) is 7.03. The molecule has 0 amide bonds. The molecule has 3 N–H and O–H groups in total. The molecule has 1 aromatic carbocycles. The number of benzene rings is 1. The monoisotopic (exact) mass is 260 g/mol. The largest absolute Gasteiger partial charge is 0.497 e. The number of hydrogen-bond acceptors (Lipinski definition) is 6. The molecule has 0 bridgehead atoms. The Balaban J connectivity index is 2.48. The lowest BCUT2D eigenvalue weighted by atomic mass is 10.0. The van der Waals surface area contributed by atoms with E-state index in [1.165, 1.54) is 6.33 Å². The molecule has 1 aromatic heterocycles. The normalized spacial score (nSPS) is 11.9. The molecule has 2 rings (SSSR count). The summed E-state index contributed by atoms with van der Waals surface area (Å²) in [6.07, 6.45) is 3.14. The maximum atomic E-state index is 5.65. The number of hydrazine groups is 1. The van der Waals surface area contributed by atoms with Gasteiger partial charge in [-0.1, -0.05) is 0 Å². The van der Waals surface area contributed by atoms with Gasteiger partial charge in [-0.15, -0.1) is 0 Å². The Bertz CT molecular complexity index is 533. The number of ether oxygens (including phenoxy) is 2. The molecule has 6 heteroatoms. The van der Waals surface area contributed by atoms with Crippen LogP contribution in [-0.4, -0.2) is 24.2 Å². The summed E-state index contributed by atoms with van der Waals surface area (Å²) in [4.78, 5) is 8.10. The molecule has 0 fully saturated rings. The minimum absolute atomic E-state index is 0.298. The topological polar surface area (TPSA) is 82.3 Å². The fourth-order valence-corrected chi connectivity index (χ4v) is 1.87. The first-order chi connectivity index (χ1) is 9.30. The van der Waals surface area contributed by atoms with Gasteiger partial charge in [0.15, 0.2) is 0 Å². The smallest absolute Gasteiger partial charge is 0.124 e. The number of rotatable bonds is 5. The molecule has 1 heterocycles. The van der Waals surface area contributed by atoms with E-state index in [0.29, 0.717) is 5.75 Å². The predicted molar refractivity (Wildman–Crippen MR) is 70.7 cm³/mol. The Morgan fingerprint density at radius 1 is 1.21 bits per heavy atom. The van der Waals surface area contributed by atoms with Crippen molar-refractivity contribution in [2.45, 2.75) is 6.04 Å². The third-order valence-corrected chi connectivity index (χ3v) is 2.82. The maximum absolute atomic E-state index is 5.65. The zero-order valence-corrected chi connectivity index (χ0v) is 10.8. The van der Waals surface area contributed by atoms with E-state index >= 15 is 0 Å². The summed E-state index contributed by atoms with van der Waals surface area (Å²) in [6.45, 7) is 0. The van der Waals surface area contributed by atoms with Gasteiger partial charge in [-0.05, 0) is 24.3 Å². The van der Waals surface area contributed by atoms with Crippen molar-refractivity contribution in [3.63, 3.8) is 0 Å². The Kier molecular flexibility index (Phi) is 4.27. The van der Waals surface area contributed by atoms with Crippen molar-refractivity contribution in [3.8, 4) is 11.5 Å². The standard InChI is InChI=1S/C13H16N4O2/c1-18-9-3-4-12(19-2)10(7-9)13(17-14)11-5-6-15-8-16-11/h3-8,13,17H,14H2,1-2H3. The third kappa shape index (κ3) is 2.81. The first-order valence-electron chi connectivity index (χ1n) is 5.74. The van der Waals surface area contributed by atoms with Crippen LogP contribution in [0, 0.1) is 0 Å². The quantitative estimate of drug-likeness (QED) is 0.617. The summed E-state index contributed by atoms with van der Waals surface area (Å²) in [5.74, 6) is 7.08. The van der Waals surface area contributed by atoms with Crippen LogP contribution in [0.3, 0.4) is 0 Å². The zero-order valence-electron chi connectivity index (χ0n) is 10.8. The highest BCUT2D eigenvalue weighted by molar-refractivity contribution is 5.44. The fraction of sp³-hybridized carbons (Fsp3) is 0.231. The van der Waals surface area contributed by atoms with E-state index in [2.05, 4.69) is 15.4 Å². The van der Waals surface area contributed by atoms with Crippen molar-refractivity contribution in [1.29, 1.82) is 0 Å². The second-order valence-electron chi connectivity index (χ2n) is 3.84. The van der Waals surface area contributed by atoms with Gasteiger partial charge in [0, 0.05) is 11.8 Å². The predicted octanol–water partition coefficient (Wildman–Crippen LogP) is 1.05. The van der Waals surface area contributed by atoms with Crippen LogP contribution in [0.2, 0.25) is 0 Å². The maximum Gasteiger partial charge on any atom is 0.124 e. The van der Waals surface area contributed by atoms with E-state index in [1.54, 1.807) is 26.5 Å². The first kappa shape index (κ1) is 13.3. The van der Waals surface area contributed by atoms with E-state index in [1.807, 2.05) is 18.2 Å². The van der Waals surface area contributed by atoms with Gasteiger partial charge < -0.3 is 9.47 Å². The molecule has 0 aliphatic rings. The van der Waals surface area contributed by atoms with Crippen LogP contribution in [0.15, 0.2) is 36.8 Å². The highest BCUT2D eigenvalue weighted by atomic mass is 16.5. The van der Waals surface area contributed by atoms with Gasteiger partial charge in [-0.3, -0.25) is 5.84 Å². The van der Waals surface area contributed by atoms with Crippen LogP contribution in [-0.2, 0) is 0 Å². The summed E-state index contributed by atoms with van der Waals surface area (Å²) < 4.78 is 10.6. The molecular weight excluding hydrogens is 244 g/mol. The van der Waals surface area contributed by atoms with Gasteiger partial charge >= 0.3 is 0 Å². The second-order valence-corrected chi connectivity index (χ2v) is 3.84. The Labute approximate surface area is 111 Å². The molecule has 0 radical (unpaired) electrons. The summed E-state index contributed by atoms with van der Waals surface area (Å²) >= 11 is 0. The molecule has 0 saturated heterocycles. The highest BCUT2D eigenvalue weighted by Crippen LogP contribution is 2.31. The van der Waals surface area contributed by atoms with Crippen molar-refractivity contribution < 1.29 is 9.47 Å². The van der Waals surface area contributed by atoms with Crippen molar-refractivity contribution in [1.82, 2.24) is 15.4 Å². The van der Waals surface area contributed by atoms with Crippen LogP contribution >= 0.6 is 0 Å². The van der Waals surface area contributed by atoms with E-state index in [0.717, 1.165) is 17.0 Å². The molecule has 19 heavy (non-hydrogen) atoms. The van der Waals surface area contributed by atoms with Crippen molar-refractivity contribution in [2.24, 2.45) is 5.84 Å². The highest BCUT2D eigenvalue weighted by Gasteiger charge is 2.19. The number of nitrogens with zero attached hydrogens (tertiary/aromatic N) is 2. The van der Waals surface area contributed by atoms with E-state index < -0.39 is 0 Å². The van der Waals surface area contributed by atoms with E-state index in [4.69, 9.17) is 15.3 Å². The number of hydrogen-bond donors (Lipinski definition) is 2. The van der Waals surface area contributed by atoms with Crippen LogP contribution in [0.4, 0.5) is 0 Å². The fourth-order valence-electron chi connectivity index (χ4n) is 1.87. The lowest BCUT2D eigenvalue weighted by Crippen LogP contribution is -2.29. The summed E-state index contributed by atoms with van der Waals surface area (Å²) in [5.41, 5.74) is 4.34. The van der Waals surface area contributed by atoms with Crippen molar-refractivity contribution in [2.75, 3.05) is 14.2 Å². The van der Waals surface area contributed by atoms with Crippen molar-refractivity contribution >= 4 is 0 Å². The molecule has 0 spiro atoms. The van der Waals surface area contributed by atoms with Gasteiger partial charge in [0.05, 0.1) is 26.0 Å². The lowest BCUT2D eigenvalue weighted by molar-refractivity contribution is 0.393. The Morgan fingerprint density at radius 3 is 2.63 bits per heavy atom. The van der Waals surface area contributed by atoms with Crippen LogP contribution in [0.1, 0.15) is 17.3 Å². The number of nitrogens with two attached hydrogens (primary N) is 1. The van der Waals surface area contributed by atoms with Gasteiger partial charge in [-0.25, -0.2) is 15.4 Å². The zero-order chi connectivity index (χ0) is 13.7. The molecule has 2 aromatic rings. The molecule has 0 saturated carbocycles. The summed E-state index contributed by atoms with van der Waals surface area (Å²) in [5, 5.41) is 0. The first-order valence-corrected chi connectivity index (χ1v) is 5.74. The molecular formula is C13H16N4O2. The number of aromatic nitrogens is 2. The molecule has 0 aliphatic heterocycles. The Hall–Kier alpha value is -2.18. The molecule has 6 nitrogen and oxygen atoms in total. The number of nitrogens with one attached hydrogen (secondary N) is 1. The lowest BCUT2D eigenvalue weighted by Gasteiger charge is -2.19. The SMILES string of the molecule is COc1ccc(OC)c(C(NN)c2ccncn2)c1. The molecule has 0 aliphatic carbocycles. The molecule has 1 unspecified atom stereocenters. The van der Waals surface area contributed by atoms with Crippen LogP contribution in [0.5, 0.6) is 11.5 Å². The molecule has 1 atom stereocenters. The van der Waals surface area contributed by atoms with Crippen molar-refractivity contribution in [3.05, 3.63) is 48.0 Å². The van der Waals surface area contributed by atoms with Crippen LogP contribution in [0.25, 0.3) is 0 Å². The number of methoxy groups -OCH3 is 2. The van der Waals surface area contributed by atoms with Gasteiger partial charge in [0.25, 0.3) is 0 Å².